The van der Waals surface area contributed by atoms with Crippen LogP contribution in [-0.2, 0) is 13.1 Å². The van der Waals surface area contributed by atoms with Gasteiger partial charge >= 0.3 is 5.69 Å². The fourth-order valence-corrected chi connectivity index (χ4v) is 1.75. The molecule has 2 aromatic rings. The van der Waals surface area contributed by atoms with Gasteiger partial charge in [0.2, 0.25) is 0 Å². The van der Waals surface area contributed by atoms with Crippen molar-refractivity contribution in [3.05, 3.63) is 57.7 Å². The van der Waals surface area contributed by atoms with Gasteiger partial charge in [0.25, 0.3) is 0 Å². The first-order valence-electron chi connectivity index (χ1n) is 5.45. The standard InChI is InChI=1S/C12H13BrN4O/c1-2-7-17-12(18)15-11(16-17)8-14-10-5-3-9(13)4-6-10/h2-6,14H,1,7-8H2,(H,15,16,18). The summed E-state index contributed by atoms with van der Waals surface area (Å²) in [5, 5.41) is 7.32. The van der Waals surface area contributed by atoms with Crippen LogP contribution in [0.5, 0.6) is 0 Å². The number of nitrogens with zero attached hydrogens (tertiary/aromatic N) is 2. The van der Waals surface area contributed by atoms with Crippen molar-refractivity contribution in [2.24, 2.45) is 0 Å². The summed E-state index contributed by atoms with van der Waals surface area (Å²) in [5.41, 5.74) is 0.750. The van der Waals surface area contributed by atoms with Gasteiger partial charge in [0.15, 0.2) is 0 Å². The van der Waals surface area contributed by atoms with E-state index in [0.29, 0.717) is 18.9 Å². The molecule has 0 atom stereocenters. The molecule has 0 spiro atoms. The first-order valence-corrected chi connectivity index (χ1v) is 6.24. The van der Waals surface area contributed by atoms with E-state index in [1.807, 2.05) is 24.3 Å². The van der Waals surface area contributed by atoms with Crippen molar-refractivity contribution < 1.29 is 0 Å². The average molecular weight is 309 g/mol. The Kier molecular flexibility index (Phi) is 3.99. The van der Waals surface area contributed by atoms with Gasteiger partial charge in [-0.05, 0) is 24.3 Å². The lowest BCUT2D eigenvalue weighted by molar-refractivity contribution is 0.665. The van der Waals surface area contributed by atoms with Crippen LogP contribution in [0.25, 0.3) is 0 Å². The van der Waals surface area contributed by atoms with Gasteiger partial charge in [-0.3, -0.25) is 4.98 Å². The molecule has 0 aliphatic rings. The first kappa shape index (κ1) is 12.6. The number of hydrogen-bond acceptors (Lipinski definition) is 3. The lowest BCUT2D eigenvalue weighted by atomic mass is 10.3. The summed E-state index contributed by atoms with van der Waals surface area (Å²) < 4.78 is 2.36. The van der Waals surface area contributed by atoms with Crippen molar-refractivity contribution in [1.29, 1.82) is 0 Å². The molecule has 0 aliphatic carbocycles. The number of aromatic amines is 1. The summed E-state index contributed by atoms with van der Waals surface area (Å²) in [4.78, 5) is 14.1. The van der Waals surface area contributed by atoms with Crippen LogP contribution in [0.1, 0.15) is 5.82 Å². The van der Waals surface area contributed by atoms with Gasteiger partial charge in [-0.25, -0.2) is 9.48 Å². The number of nitrogens with one attached hydrogen (secondary N) is 2. The lowest BCUT2D eigenvalue weighted by Crippen LogP contribution is -2.16. The van der Waals surface area contributed by atoms with Crippen molar-refractivity contribution in [2.75, 3.05) is 5.32 Å². The Balaban J connectivity index is 2.01. The zero-order valence-electron chi connectivity index (χ0n) is 9.69. The van der Waals surface area contributed by atoms with Gasteiger partial charge in [-0.15, -0.1) is 6.58 Å². The maximum absolute atomic E-state index is 11.4. The number of aromatic nitrogens is 3. The molecule has 1 aromatic carbocycles. The average Bonchev–Trinajstić information content (AvgIpc) is 2.70. The molecule has 0 radical (unpaired) electrons. The van der Waals surface area contributed by atoms with Crippen LogP contribution in [0.3, 0.4) is 0 Å². The maximum atomic E-state index is 11.4. The van der Waals surface area contributed by atoms with E-state index in [2.05, 4.69) is 37.9 Å². The third-order valence-corrected chi connectivity index (χ3v) is 2.86. The highest BCUT2D eigenvalue weighted by Gasteiger charge is 2.03. The molecular weight excluding hydrogens is 296 g/mol. The molecule has 0 fully saturated rings. The second kappa shape index (κ2) is 5.68. The monoisotopic (exact) mass is 308 g/mol. The van der Waals surface area contributed by atoms with Gasteiger partial charge < -0.3 is 5.32 Å². The van der Waals surface area contributed by atoms with Crippen molar-refractivity contribution in [2.45, 2.75) is 13.1 Å². The third kappa shape index (κ3) is 3.10. The van der Waals surface area contributed by atoms with Crippen LogP contribution in [-0.4, -0.2) is 14.8 Å². The van der Waals surface area contributed by atoms with E-state index >= 15 is 0 Å². The number of H-pyrrole nitrogens is 1. The summed E-state index contributed by atoms with van der Waals surface area (Å²) in [7, 11) is 0. The van der Waals surface area contributed by atoms with Crippen LogP contribution >= 0.6 is 15.9 Å². The molecule has 18 heavy (non-hydrogen) atoms. The van der Waals surface area contributed by atoms with E-state index in [1.54, 1.807) is 6.08 Å². The van der Waals surface area contributed by atoms with Crippen LogP contribution in [0, 0.1) is 0 Å². The predicted octanol–water partition coefficient (Wildman–Crippen LogP) is 2.13. The van der Waals surface area contributed by atoms with E-state index in [1.165, 1.54) is 4.68 Å². The molecule has 0 unspecified atom stereocenters. The molecule has 1 aromatic heterocycles. The number of anilines is 1. The highest BCUT2D eigenvalue weighted by atomic mass is 79.9. The van der Waals surface area contributed by atoms with E-state index in [0.717, 1.165) is 10.2 Å². The number of benzene rings is 1. The van der Waals surface area contributed by atoms with Crippen molar-refractivity contribution >= 4 is 21.6 Å². The van der Waals surface area contributed by atoms with Crippen LogP contribution in [0.15, 0.2) is 46.2 Å². The Morgan fingerprint density at radius 1 is 1.44 bits per heavy atom. The van der Waals surface area contributed by atoms with Crippen molar-refractivity contribution in [3.63, 3.8) is 0 Å². The highest BCUT2D eigenvalue weighted by Crippen LogP contribution is 2.14. The van der Waals surface area contributed by atoms with E-state index in [9.17, 15) is 4.79 Å². The molecular formula is C12H13BrN4O. The molecule has 0 amide bonds. The summed E-state index contributed by atoms with van der Waals surface area (Å²) in [6.45, 7) is 4.46. The largest absolute Gasteiger partial charge is 0.378 e. The Morgan fingerprint density at radius 2 is 2.17 bits per heavy atom. The van der Waals surface area contributed by atoms with Crippen molar-refractivity contribution in [3.8, 4) is 0 Å². The summed E-state index contributed by atoms with van der Waals surface area (Å²) in [6.07, 6.45) is 1.63. The fraction of sp³-hybridized carbons (Fsp3) is 0.167. The molecule has 2 N–H and O–H groups in total. The smallest absolute Gasteiger partial charge is 0.343 e. The molecule has 0 saturated carbocycles. The van der Waals surface area contributed by atoms with E-state index < -0.39 is 0 Å². The normalized spacial score (nSPS) is 10.3. The van der Waals surface area contributed by atoms with Gasteiger partial charge in [-0.2, -0.15) is 5.10 Å². The summed E-state index contributed by atoms with van der Waals surface area (Å²) in [5.74, 6) is 0.602. The van der Waals surface area contributed by atoms with Gasteiger partial charge in [0.1, 0.15) is 5.82 Å². The van der Waals surface area contributed by atoms with Crippen molar-refractivity contribution in [1.82, 2.24) is 14.8 Å². The molecule has 94 valence electrons. The van der Waals surface area contributed by atoms with Gasteiger partial charge in [-0.1, -0.05) is 22.0 Å². The number of allylic oxidation sites excluding steroid dienone is 1. The third-order valence-electron chi connectivity index (χ3n) is 2.33. The predicted molar refractivity (Wildman–Crippen MR) is 74.5 cm³/mol. The Bertz CT molecular complexity index is 585. The zero-order chi connectivity index (χ0) is 13.0. The number of halogens is 1. The first-order chi connectivity index (χ1) is 8.69. The maximum Gasteiger partial charge on any atom is 0.343 e. The molecule has 0 aliphatic heterocycles. The molecule has 0 saturated heterocycles. The van der Waals surface area contributed by atoms with Gasteiger partial charge in [0, 0.05) is 10.2 Å². The quantitative estimate of drug-likeness (QED) is 0.832. The van der Waals surface area contributed by atoms with Crippen LogP contribution in [0.4, 0.5) is 5.69 Å². The number of rotatable bonds is 5. The van der Waals surface area contributed by atoms with Crippen LogP contribution < -0.4 is 11.0 Å². The zero-order valence-corrected chi connectivity index (χ0v) is 11.3. The highest BCUT2D eigenvalue weighted by molar-refractivity contribution is 9.10. The van der Waals surface area contributed by atoms with E-state index in [-0.39, 0.29) is 5.69 Å². The molecule has 5 nitrogen and oxygen atoms in total. The van der Waals surface area contributed by atoms with Gasteiger partial charge in [0.05, 0.1) is 13.1 Å². The minimum absolute atomic E-state index is 0.220. The molecule has 1 heterocycles. The topological polar surface area (TPSA) is 62.7 Å². The second-order valence-electron chi connectivity index (χ2n) is 3.71. The van der Waals surface area contributed by atoms with E-state index in [4.69, 9.17) is 0 Å². The molecule has 6 heteroatoms. The minimum atomic E-state index is -0.220. The summed E-state index contributed by atoms with van der Waals surface area (Å²) in [6, 6.07) is 7.79. The summed E-state index contributed by atoms with van der Waals surface area (Å²) >= 11 is 3.37. The SMILES string of the molecule is C=CCn1nc(CNc2ccc(Br)cc2)[nH]c1=O. The Morgan fingerprint density at radius 3 is 2.83 bits per heavy atom. The number of hydrogen-bond donors (Lipinski definition) is 2. The fourth-order valence-electron chi connectivity index (χ4n) is 1.48. The molecule has 2 rings (SSSR count). The van der Waals surface area contributed by atoms with Crippen LogP contribution in [0.2, 0.25) is 0 Å². The Labute approximate surface area is 113 Å². The minimum Gasteiger partial charge on any atom is -0.378 e. The second-order valence-corrected chi connectivity index (χ2v) is 4.62. The Hall–Kier alpha value is -1.82. The lowest BCUT2D eigenvalue weighted by Gasteiger charge is -2.03. The molecule has 0 bridgehead atoms.